The molecule has 0 spiro atoms. The molecule has 1 N–H and O–H groups in total. The van der Waals surface area contributed by atoms with Crippen molar-refractivity contribution in [2.45, 2.75) is 11.8 Å². The highest BCUT2D eigenvalue weighted by Gasteiger charge is 2.16. The molecule has 0 atom stereocenters. The van der Waals surface area contributed by atoms with Gasteiger partial charge in [0.2, 0.25) is 0 Å². The zero-order chi connectivity index (χ0) is 18.4. The molecule has 2 aromatic carbocycles. The van der Waals surface area contributed by atoms with Crippen molar-refractivity contribution in [3.05, 3.63) is 53.3 Å². The van der Waals surface area contributed by atoms with Crippen LogP contribution in [0.5, 0.6) is 5.75 Å². The number of hydrogen-bond donors (Lipinski definition) is 1. The zero-order valence-electron chi connectivity index (χ0n) is 14.1. The van der Waals surface area contributed by atoms with E-state index in [-0.39, 0.29) is 11.3 Å². The average molecular weight is 363 g/mol. The Balaban J connectivity index is 1.98. The van der Waals surface area contributed by atoms with Crippen molar-refractivity contribution in [2.24, 2.45) is 0 Å². The van der Waals surface area contributed by atoms with E-state index in [1.807, 2.05) is 6.26 Å². The van der Waals surface area contributed by atoms with E-state index in [9.17, 15) is 14.0 Å². The smallest absolute Gasteiger partial charge is 0.342 e. The Labute approximate surface area is 149 Å². The van der Waals surface area contributed by atoms with Gasteiger partial charge in [0.1, 0.15) is 17.1 Å². The molecule has 5 nitrogen and oxygen atoms in total. The zero-order valence-corrected chi connectivity index (χ0v) is 14.9. The van der Waals surface area contributed by atoms with Crippen LogP contribution in [0, 0.1) is 12.7 Å². The number of thioether (sulfide) groups is 1. The van der Waals surface area contributed by atoms with Gasteiger partial charge >= 0.3 is 5.97 Å². The largest absolute Gasteiger partial charge is 0.496 e. The molecule has 0 bridgehead atoms. The lowest BCUT2D eigenvalue weighted by Crippen LogP contribution is -2.21. The van der Waals surface area contributed by atoms with Crippen LogP contribution in [-0.4, -0.2) is 31.8 Å². The molecule has 0 aliphatic heterocycles. The Bertz CT molecular complexity index is 795. The van der Waals surface area contributed by atoms with Gasteiger partial charge in [-0.1, -0.05) is 6.07 Å². The summed E-state index contributed by atoms with van der Waals surface area (Å²) in [6.45, 7) is 1.21. The first kappa shape index (κ1) is 18.8. The molecule has 2 rings (SSSR count). The molecule has 0 fully saturated rings. The molecule has 0 aromatic heterocycles. The number of anilines is 1. The fourth-order valence-corrected chi connectivity index (χ4v) is 2.51. The first-order valence-corrected chi connectivity index (χ1v) is 8.62. The molecule has 0 saturated heterocycles. The normalized spacial score (nSPS) is 10.2. The van der Waals surface area contributed by atoms with Gasteiger partial charge in [-0.2, -0.15) is 0 Å². The van der Waals surface area contributed by atoms with Crippen LogP contribution in [0.4, 0.5) is 10.1 Å². The average Bonchev–Trinajstić information content (AvgIpc) is 2.61. The van der Waals surface area contributed by atoms with Crippen LogP contribution in [0.25, 0.3) is 0 Å². The van der Waals surface area contributed by atoms with Gasteiger partial charge in [0, 0.05) is 4.90 Å². The second-order valence-electron chi connectivity index (χ2n) is 5.17. The Kier molecular flexibility index (Phi) is 6.41. The number of carbonyl (C=O) groups is 2. The highest BCUT2D eigenvalue weighted by Crippen LogP contribution is 2.26. The lowest BCUT2D eigenvalue weighted by atomic mass is 10.2. The number of ether oxygens (including phenoxy) is 2. The first-order valence-electron chi connectivity index (χ1n) is 7.39. The summed E-state index contributed by atoms with van der Waals surface area (Å²) in [5.41, 5.74) is 0.992. The van der Waals surface area contributed by atoms with Gasteiger partial charge in [-0.15, -0.1) is 11.8 Å². The summed E-state index contributed by atoms with van der Waals surface area (Å²) >= 11 is 1.51. The Morgan fingerprint density at radius 2 is 1.96 bits per heavy atom. The minimum absolute atomic E-state index is 0.0357. The van der Waals surface area contributed by atoms with E-state index in [4.69, 9.17) is 9.47 Å². The molecule has 1 amide bonds. The molecular weight excluding hydrogens is 345 g/mol. The molecule has 0 heterocycles. The summed E-state index contributed by atoms with van der Waals surface area (Å²) in [7, 11) is 1.45. The van der Waals surface area contributed by atoms with Gasteiger partial charge in [0.05, 0.1) is 12.8 Å². The molecule has 7 heteroatoms. The van der Waals surface area contributed by atoms with Gasteiger partial charge < -0.3 is 14.8 Å². The van der Waals surface area contributed by atoms with Crippen LogP contribution in [-0.2, 0) is 9.53 Å². The fourth-order valence-electron chi connectivity index (χ4n) is 2.08. The SMILES string of the molecule is COc1cc(SC)ccc1C(=O)OCC(=O)Nc1ccc(C)cc1F. The minimum atomic E-state index is -0.691. The molecular formula is C18H18FNO4S. The van der Waals surface area contributed by atoms with Gasteiger partial charge in [0.15, 0.2) is 6.61 Å². The summed E-state index contributed by atoms with van der Waals surface area (Å²) in [6, 6.07) is 9.47. The second-order valence-corrected chi connectivity index (χ2v) is 6.05. The van der Waals surface area contributed by atoms with Gasteiger partial charge in [-0.25, -0.2) is 9.18 Å². The number of esters is 1. The van der Waals surface area contributed by atoms with Crippen molar-refractivity contribution in [1.29, 1.82) is 0 Å². The Hall–Kier alpha value is -2.54. The van der Waals surface area contributed by atoms with Crippen LogP contribution in [0.3, 0.4) is 0 Å². The number of hydrogen-bond acceptors (Lipinski definition) is 5. The third kappa shape index (κ3) is 4.96. The number of methoxy groups -OCH3 is 1. The number of halogens is 1. The Morgan fingerprint density at radius 1 is 1.20 bits per heavy atom. The Morgan fingerprint density at radius 3 is 2.60 bits per heavy atom. The summed E-state index contributed by atoms with van der Waals surface area (Å²) in [5.74, 6) is -1.50. The van der Waals surface area contributed by atoms with E-state index in [0.29, 0.717) is 5.75 Å². The van der Waals surface area contributed by atoms with E-state index >= 15 is 0 Å². The molecule has 2 aromatic rings. The fraction of sp³-hybridized carbons (Fsp3) is 0.222. The van der Waals surface area contributed by atoms with Crippen molar-refractivity contribution in [2.75, 3.05) is 25.3 Å². The molecule has 0 aliphatic carbocycles. The van der Waals surface area contributed by atoms with Crippen molar-refractivity contribution in [1.82, 2.24) is 0 Å². The molecule has 0 radical (unpaired) electrons. The molecule has 132 valence electrons. The maximum Gasteiger partial charge on any atom is 0.342 e. The monoisotopic (exact) mass is 363 g/mol. The predicted molar refractivity (Wildman–Crippen MR) is 94.8 cm³/mol. The van der Waals surface area contributed by atoms with E-state index in [1.165, 1.54) is 31.0 Å². The standard InChI is InChI=1S/C18H18FNO4S/c1-11-4-7-15(14(19)8-11)20-17(21)10-24-18(22)13-6-5-12(25-3)9-16(13)23-2/h4-9H,10H2,1-3H3,(H,20,21). The van der Waals surface area contributed by atoms with Gasteiger partial charge in [0.25, 0.3) is 5.91 Å². The van der Waals surface area contributed by atoms with Crippen LogP contribution in [0.1, 0.15) is 15.9 Å². The number of aryl methyl sites for hydroxylation is 1. The van der Waals surface area contributed by atoms with Crippen molar-refractivity contribution >= 4 is 29.3 Å². The third-order valence-corrected chi connectivity index (χ3v) is 4.09. The van der Waals surface area contributed by atoms with Crippen LogP contribution in [0.15, 0.2) is 41.3 Å². The quantitative estimate of drug-likeness (QED) is 0.627. The number of carbonyl (C=O) groups excluding carboxylic acids is 2. The van der Waals surface area contributed by atoms with E-state index < -0.39 is 24.3 Å². The van der Waals surface area contributed by atoms with E-state index in [1.54, 1.807) is 31.2 Å². The maximum atomic E-state index is 13.7. The van der Waals surface area contributed by atoms with Crippen LogP contribution >= 0.6 is 11.8 Å². The van der Waals surface area contributed by atoms with Gasteiger partial charge in [-0.05, 0) is 49.1 Å². The molecule has 0 saturated carbocycles. The number of amides is 1. The minimum Gasteiger partial charge on any atom is -0.496 e. The number of benzene rings is 2. The second kappa shape index (κ2) is 8.53. The first-order chi connectivity index (χ1) is 11.9. The highest BCUT2D eigenvalue weighted by atomic mass is 32.2. The van der Waals surface area contributed by atoms with Crippen LogP contribution < -0.4 is 10.1 Å². The van der Waals surface area contributed by atoms with Crippen molar-refractivity contribution in [3.8, 4) is 5.75 Å². The van der Waals surface area contributed by atoms with Gasteiger partial charge in [-0.3, -0.25) is 4.79 Å². The maximum absolute atomic E-state index is 13.7. The number of nitrogens with one attached hydrogen (secondary N) is 1. The summed E-state index contributed by atoms with van der Waals surface area (Å²) in [6.07, 6.45) is 1.90. The molecule has 0 aliphatic rings. The predicted octanol–water partition coefficient (Wildman–Crippen LogP) is 3.66. The molecule has 25 heavy (non-hydrogen) atoms. The molecule has 0 unspecified atom stereocenters. The summed E-state index contributed by atoms with van der Waals surface area (Å²) in [4.78, 5) is 24.9. The highest BCUT2D eigenvalue weighted by molar-refractivity contribution is 7.98. The van der Waals surface area contributed by atoms with E-state index in [0.717, 1.165) is 10.5 Å². The summed E-state index contributed by atoms with van der Waals surface area (Å²) < 4.78 is 23.9. The topological polar surface area (TPSA) is 64.6 Å². The van der Waals surface area contributed by atoms with Crippen molar-refractivity contribution in [3.63, 3.8) is 0 Å². The lowest BCUT2D eigenvalue weighted by molar-refractivity contribution is -0.119. The lowest BCUT2D eigenvalue weighted by Gasteiger charge is -2.10. The number of rotatable bonds is 6. The van der Waals surface area contributed by atoms with Crippen molar-refractivity contribution < 1.29 is 23.5 Å². The summed E-state index contributed by atoms with van der Waals surface area (Å²) in [5, 5.41) is 2.37. The third-order valence-electron chi connectivity index (χ3n) is 3.36. The van der Waals surface area contributed by atoms with E-state index in [2.05, 4.69) is 5.32 Å². The van der Waals surface area contributed by atoms with Crippen LogP contribution in [0.2, 0.25) is 0 Å².